The highest BCUT2D eigenvalue weighted by Gasteiger charge is 2.29. The number of thioether (sulfide) groups is 1. The van der Waals surface area contributed by atoms with E-state index >= 15 is 0 Å². The molecule has 0 spiro atoms. The summed E-state index contributed by atoms with van der Waals surface area (Å²) in [7, 11) is 0. The van der Waals surface area contributed by atoms with Gasteiger partial charge < -0.3 is 0 Å². The maximum absolute atomic E-state index is 11.3. The van der Waals surface area contributed by atoms with Crippen molar-refractivity contribution < 1.29 is 19.4 Å². The molecule has 0 rings (SSSR count). The van der Waals surface area contributed by atoms with Gasteiger partial charge in [-0.1, -0.05) is 13.8 Å². The van der Waals surface area contributed by atoms with Crippen molar-refractivity contribution in [2.75, 3.05) is 5.75 Å². The average Bonchev–Trinajstić information content (AvgIpc) is 2.14. The molecule has 0 aliphatic rings. The molecule has 5 heteroatoms. The van der Waals surface area contributed by atoms with Crippen molar-refractivity contribution in [3.8, 4) is 0 Å². The summed E-state index contributed by atoms with van der Waals surface area (Å²) in [4.78, 5) is 30.8. The maximum Gasteiger partial charge on any atom is 0.413 e. The average molecular weight is 220 g/mol. The lowest BCUT2D eigenvalue weighted by atomic mass is 9.91. The zero-order valence-corrected chi connectivity index (χ0v) is 9.77. The van der Waals surface area contributed by atoms with E-state index in [9.17, 15) is 9.59 Å². The van der Waals surface area contributed by atoms with Gasteiger partial charge in [-0.25, -0.2) is 19.4 Å². The van der Waals surface area contributed by atoms with E-state index in [0.717, 1.165) is 11.8 Å². The molecule has 0 fully saturated rings. The Morgan fingerprint density at radius 1 is 1.21 bits per heavy atom. The summed E-state index contributed by atoms with van der Waals surface area (Å²) in [5.74, 6) is 0.0677. The third kappa shape index (κ3) is 4.50. The van der Waals surface area contributed by atoms with Gasteiger partial charge in [0, 0.05) is 5.75 Å². The molecule has 0 saturated heterocycles. The monoisotopic (exact) mass is 220 g/mol. The first-order chi connectivity index (χ1) is 6.44. The molecule has 0 bridgehead atoms. The highest BCUT2D eigenvalue weighted by molar-refractivity contribution is 8.13. The van der Waals surface area contributed by atoms with Crippen LogP contribution in [-0.2, 0) is 14.6 Å². The molecule has 14 heavy (non-hydrogen) atoms. The van der Waals surface area contributed by atoms with Crippen molar-refractivity contribution >= 4 is 23.0 Å². The first kappa shape index (κ1) is 13.3. The quantitative estimate of drug-likeness (QED) is 0.540. The standard InChI is InChI=1S/C9H16O4S/c1-5-9(3,4)7(10)12-13-8(11)14-6-2/h5-6H2,1-4H3. The van der Waals surface area contributed by atoms with E-state index in [-0.39, 0.29) is 0 Å². The summed E-state index contributed by atoms with van der Waals surface area (Å²) in [6, 6.07) is 0. The molecule has 0 N–H and O–H groups in total. The second-order valence-electron chi connectivity index (χ2n) is 3.37. The van der Waals surface area contributed by atoms with E-state index < -0.39 is 16.7 Å². The Kier molecular flexibility index (Phi) is 5.60. The molecule has 0 aliphatic carbocycles. The van der Waals surface area contributed by atoms with Crippen LogP contribution in [0.3, 0.4) is 0 Å². The highest BCUT2D eigenvalue weighted by atomic mass is 32.2. The number of carbonyl (C=O) groups excluding carboxylic acids is 2. The van der Waals surface area contributed by atoms with E-state index in [4.69, 9.17) is 0 Å². The van der Waals surface area contributed by atoms with Crippen LogP contribution in [0.1, 0.15) is 34.1 Å². The molecule has 0 atom stereocenters. The Hall–Kier alpha value is -0.710. The molecule has 0 unspecified atom stereocenters. The predicted molar refractivity (Wildman–Crippen MR) is 54.8 cm³/mol. The van der Waals surface area contributed by atoms with Gasteiger partial charge in [0.25, 0.3) is 0 Å². The second kappa shape index (κ2) is 5.90. The van der Waals surface area contributed by atoms with Gasteiger partial charge in [0.1, 0.15) is 0 Å². The van der Waals surface area contributed by atoms with Crippen LogP contribution in [0.25, 0.3) is 0 Å². The summed E-state index contributed by atoms with van der Waals surface area (Å²) in [6.45, 7) is 7.14. The van der Waals surface area contributed by atoms with Gasteiger partial charge >= 0.3 is 11.3 Å². The van der Waals surface area contributed by atoms with Crippen molar-refractivity contribution in [3.05, 3.63) is 0 Å². The number of carbonyl (C=O) groups is 2. The SMILES string of the molecule is CCSC(=O)OOC(=O)C(C)(C)CC. The fourth-order valence-corrected chi connectivity index (χ4v) is 0.789. The lowest BCUT2D eigenvalue weighted by molar-refractivity contribution is -0.236. The van der Waals surface area contributed by atoms with Crippen molar-refractivity contribution in [2.24, 2.45) is 5.41 Å². The molecule has 0 aromatic heterocycles. The van der Waals surface area contributed by atoms with E-state index in [1.165, 1.54) is 0 Å². The molecule has 0 radical (unpaired) electrons. The van der Waals surface area contributed by atoms with E-state index in [1.54, 1.807) is 13.8 Å². The van der Waals surface area contributed by atoms with Crippen molar-refractivity contribution in [1.29, 1.82) is 0 Å². The highest BCUT2D eigenvalue weighted by Crippen LogP contribution is 2.21. The number of hydrogen-bond acceptors (Lipinski definition) is 5. The third-order valence-corrected chi connectivity index (χ3v) is 2.48. The maximum atomic E-state index is 11.3. The van der Waals surface area contributed by atoms with Crippen LogP contribution in [0.4, 0.5) is 4.79 Å². The van der Waals surface area contributed by atoms with Gasteiger partial charge in [-0.2, -0.15) is 0 Å². The first-order valence-electron chi connectivity index (χ1n) is 4.49. The Balaban J connectivity index is 3.91. The van der Waals surface area contributed by atoms with Crippen LogP contribution in [0.2, 0.25) is 0 Å². The van der Waals surface area contributed by atoms with Crippen LogP contribution < -0.4 is 0 Å². The molecule has 0 aromatic carbocycles. The third-order valence-electron chi connectivity index (χ3n) is 1.88. The second-order valence-corrected chi connectivity index (χ2v) is 4.57. The minimum Gasteiger partial charge on any atom is -0.247 e. The van der Waals surface area contributed by atoms with Crippen molar-refractivity contribution in [3.63, 3.8) is 0 Å². The van der Waals surface area contributed by atoms with E-state index in [1.807, 2.05) is 13.8 Å². The Morgan fingerprint density at radius 2 is 1.79 bits per heavy atom. The fraction of sp³-hybridized carbons (Fsp3) is 0.778. The van der Waals surface area contributed by atoms with Crippen LogP contribution >= 0.6 is 11.8 Å². The summed E-state index contributed by atoms with van der Waals surface area (Å²) in [6.07, 6.45) is 0.629. The largest absolute Gasteiger partial charge is 0.413 e. The Morgan fingerprint density at radius 3 is 2.21 bits per heavy atom. The molecule has 82 valence electrons. The van der Waals surface area contributed by atoms with Crippen LogP contribution in [0.15, 0.2) is 0 Å². The van der Waals surface area contributed by atoms with Gasteiger partial charge in [-0.05, 0) is 32.0 Å². The van der Waals surface area contributed by atoms with Gasteiger partial charge in [0.15, 0.2) is 0 Å². The molecule has 4 nitrogen and oxygen atoms in total. The van der Waals surface area contributed by atoms with Crippen LogP contribution in [0.5, 0.6) is 0 Å². The van der Waals surface area contributed by atoms with Gasteiger partial charge in [-0.15, -0.1) is 0 Å². The first-order valence-corrected chi connectivity index (χ1v) is 5.48. The molecular formula is C9H16O4S. The predicted octanol–water partition coefficient (Wildman–Crippen LogP) is 2.77. The molecule has 0 amide bonds. The fourth-order valence-electron chi connectivity index (χ4n) is 0.471. The summed E-state index contributed by atoms with van der Waals surface area (Å²) in [5, 5.41) is -0.590. The van der Waals surface area contributed by atoms with E-state index in [2.05, 4.69) is 9.78 Å². The molecule has 0 aromatic rings. The number of hydrogen-bond donors (Lipinski definition) is 0. The summed E-state index contributed by atoms with van der Waals surface area (Å²) in [5.41, 5.74) is -0.614. The van der Waals surface area contributed by atoms with Gasteiger partial charge in [0.05, 0.1) is 5.41 Å². The van der Waals surface area contributed by atoms with Gasteiger partial charge in [-0.3, -0.25) is 0 Å². The minimum atomic E-state index is -0.614. The van der Waals surface area contributed by atoms with Gasteiger partial charge in [0.2, 0.25) is 0 Å². The molecule has 0 heterocycles. The lowest BCUT2D eigenvalue weighted by Crippen LogP contribution is -2.26. The minimum absolute atomic E-state index is 0.523. The zero-order valence-electron chi connectivity index (χ0n) is 8.96. The van der Waals surface area contributed by atoms with E-state index in [0.29, 0.717) is 12.2 Å². The van der Waals surface area contributed by atoms with Crippen LogP contribution in [-0.4, -0.2) is 17.0 Å². The van der Waals surface area contributed by atoms with Crippen molar-refractivity contribution in [1.82, 2.24) is 0 Å². The lowest BCUT2D eigenvalue weighted by Gasteiger charge is -2.17. The summed E-state index contributed by atoms with van der Waals surface area (Å²) < 4.78 is 0. The zero-order chi connectivity index (χ0) is 11.2. The Bertz CT molecular complexity index is 213. The molecular weight excluding hydrogens is 204 g/mol. The van der Waals surface area contributed by atoms with Crippen molar-refractivity contribution in [2.45, 2.75) is 34.1 Å². The molecule has 0 saturated carbocycles. The Labute approximate surface area is 88.3 Å². The number of rotatable bonds is 3. The normalized spacial score (nSPS) is 10.9. The smallest absolute Gasteiger partial charge is 0.247 e. The summed E-state index contributed by atoms with van der Waals surface area (Å²) >= 11 is 0.953. The molecule has 0 aliphatic heterocycles. The van der Waals surface area contributed by atoms with Crippen LogP contribution in [0, 0.1) is 5.41 Å². The topological polar surface area (TPSA) is 52.6 Å².